The lowest BCUT2D eigenvalue weighted by Crippen LogP contribution is -2.30. The first kappa shape index (κ1) is 24.3. The number of aryl methyl sites for hydroxylation is 2. The molecule has 9 heteroatoms. The molecule has 9 nitrogen and oxygen atoms in total. The van der Waals surface area contributed by atoms with Crippen molar-refractivity contribution in [2.24, 2.45) is 0 Å². The van der Waals surface area contributed by atoms with Crippen molar-refractivity contribution in [1.29, 1.82) is 0 Å². The third kappa shape index (κ3) is 5.99. The lowest BCUT2D eigenvalue weighted by molar-refractivity contribution is -0.144. The minimum atomic E-state index is -0.395. The van der Waals surface area contributed by atoms with Gasteiger partial charge in [-0.2, -0.15) is 0 Å². The van der Waals surface area contributed by atoms with Crippen LogP contribution in [0.1, 0.15) is 35.0 Å². The van der Waals surface area contributed by atoms with E-state index in [1.54, 1.807) is 6.92 Å². The highest BCUT2D eigenvalue weighted by molar-refractivity contribution is 5.83. The number of carbonyl (C=O) groups excluding carboxylic acids is 1. The van der Waals surface area contributed by atoms with Gasteiger partial charge in [-0.3, -0.25) is 14.5 Å². The number of fused-ring (bicyclic) bond motifs is 1. The number of aromatic amines is 1. The van der Waals surface area contributed by atoms with E-state index in [2.05, 4.69) is 43.6 Å². The van der Waals surface area contributed by atoms with Crippen molar-refractivity contribution >= 4 is 16.9 Å². The van der Waals surface area contributed by atoms with Crippen LogP contribution >= 0.6 is 0 Å². The molecule has 0 amide bonds. The SMILES string of the molecule is CCOC(=O)Cn1nnnc1CN(CCc1ccccc1)Cc1cc2ccc(C)c(C)c2[nH]c1=O. The number of hydrogen-bond donors (Lipinski definition) is 1. The molecule has 0 atom stereocenters. The predicted molar refractivity (Wildman–Crippen MR) is 133 cm³/mol. The normalized spacial score (nSPS) is 11.3. The Morgan fingerprint density at radius 1 is 1.11 bits per heavy atom. The van der Waals surface area contributed by atoms with Crippen molar-refractivity contribution in [3.8, 4) is 0 Å². The molecule has 0 saturated carbocycles. The summed E-state index contributed by atoms with van der Waals surface area (Å²) in [6.07, 6.45) is 0.796. The number of rotatable bonds is 10. The van der Waals surface area contributed by atoms with Crippen molar-refractivity contribution in [3.63, 3.8) is 0 Å². The van der Waals surface area contributed by atoms with Crippen LogP contribution in [0.4, 0.5) is 0 Å². The maximum atomic E-state index is 13.0. The predicted octanol–water partition coefficient (Wildman–Crippen LogP) is 2.94. The third-order valence-corrected chi connectivity index (χ3v) is 6.14. The number of esters is 1. The average Bonchev–Trinajstić information content (AvgIpc) is 3.28. The molecule has 35 heavy (non-hydrogen) atoms. The van der Waals surface area contributed by atoms with Crippen LogP contribution < -0.4 is 5.56 Å². The van der Waals surface area contributed by atoms with E-state index in [9.17, 15) is 9.59 Å². The molecule has 1 N–H and O–H groups in total. The number of tetrazole rings is 1. The summed E-state index contributed by atoms with van der Waals surface area (Å²) >= 11 is 0. The summed E-state index contributed by atoms with van der Waals surface area (Å²) in [6, 6.07) is 16.2. The summed E-state index contributed by atoms with van der Waals surface area (Å²) in [5.41, 5.74) is 4.83. The van der Waals surface area contributed by atoms with Gasteiger partial charge in [0.25, 0.3) is 5.56 Å². The number of benzene rings is 2. The van der Waals surface area contributed by atoms with Crippen LogP contribution in [0.2, 0.25) is 0 Å². The molecule has 0 aliphatic heterocycles. The lowest BCUT2D eigenvalue weighted by Gasteiger charge is -2.22. The standard InChI is InChI=1S/C26H30N6O3/c1-4-35-24(33)17-32-23(28-29-30-32)16-31(13-12-20-8-6-5-7-9-20)15-22-14-21-11-10-18(2)19(3)25(21)27-26(22)34/h5-11,14H,4,12-13,15-17H2,1-3H3,(H,27,34). The molecule has 2 heterocycles. The summed E-state index contributed by atoms with van der Waals surface area (Å²) in [5.74, 6) is 0.142. The molecule has 0 aliphatic carbocycles. The Balaban J connectivity index is 1.60. The molecule has 0 saturated heterocycles. The molecule has 0 bridgehead atoms. The van der Waals surface area contributed by atoms with Crippen LogP contribution in [0.5, 0.6) is 0 Å². The van der Waals surface area contributed by atoms with Crippen LogP contribution in [0.15, 0.2) is 53.3 Å². The van der Waals surface area contributed by atoms with E-state index in [0.717, 1.165) is 28.5 Å². The number of aromatic nitrogens is 5. The highest BCUT2D eigenvalue weighted by atomic mass is 16.5. The molecule has 0 unspecified atom stereocenters. The largest absolute Gasteiger partial charge is 0.465 e. The van der Waals surface area contributed by atoms with Crippen LogP contribution in [0.25, 0.3) is 10.9 Å². The van der Waals surface area contributed by atoms with Crippen molar-refractivity contribution in [1.82, 2.24) is 30.1 Å². The minimum absolute atomic E-state index is 0.0577. The quantitative estimate of drug-likeness (QED) is 0.352. The van der Waals surface area contributed by atoms with E-state index in [1.165, 1.54) is 10.2 Å². The Hall–Kier alpha value is -3.85. The third-order valence-electron chi connectivity index (χ3n) is 6.14. The highest BCUT2D eigenvalue weighted by Crippen LogP contribution is 2.20. The number of pyridine rings is 1. The molecule has 0 fully saturated rings. The summed E-state index contributed by atoms with van der Waals surface area (Å²) in [7, 11) is 0. The number of hydrogen-bond acceptors (Lipinski definition) is 7. The average molecular weight is 475 g/mol. The van der Waals surface area contributed by atoms with Gasteiger partial charge in [-0.15, -0.1) is 5.10 Å². The van der Waals surface area contributed by atoms with Crippen molar-refractivity contribution in [3.05, 3.63) is 87.0 Å². The Bertz CT molecular complexity index is 1360. The Morgan fingerprint density at radius 2 is 1.91 bits per heavy atom. The zero-order valence-electron chi connectivity index (χ0n) is 20.3. The molecule has 0 aliphatic rings. The molecule has 182 valence electrons. The molecule has 2 aromatic carbocycles. The Kier molecular flexibility index (Phi) is 7.67. The molecular weight excluding hydrogens is 444 g/mol. The Labute approximate surface area is 203 Å². The van der Waals surface area contributed by atoms with E-state index >= 15 is 0 Å². The minimum Gasteiger partial charge on any atom is -0.465 e. The van der Waals surface area contributed by atoms with Crippen molar-refractivity contribution in [2.75, 3.05) is 13.2 Å². The van der Waals surface area contributed by atoms with Crippen LogP contribution in [0, 0.1) is 13.8 Å². The van der Waals surface area contributed by atoms with E-state index < -0.39 is 5.97 Å². The zero-order valence-corrected chi connectivity index (χ0v) is 20.3. The first-order valence-electron chi connectivity index (χ1n) is 11.7. The fourth-order valence-electron chi connectivity index (χ4n) is 4.06. The fourth-order valence-corrected chi connectivity index (χ4v) is 4.06. The Morgan fingerprint density at radius 3 is 2.69 bits per heavy atom. The maximum absolute atomic E-state index is 13.0. The van der Waals surface area contributed by atoms with E-state index in [1.807, 2.05) is 44.2 Å². The van der Waals surface area contributed by atoms with Gasteiger partial charge in [0, 0.05) is 18.7 Å². The van der Waals surface area contributed by atoms with Crippen LogP contribution in [0.3, 0.4) is 0 Å². The zero-order chi connectivity index (χ0) is 24.8. The summed E-state index contributed by atoms with van der Waals surface area (Å²) in [6.45, 7) is 7.52. The molecule has 0 spiro atoms. The van der Waals surface area contributed by atoms with Crippen molar-refractivity contribution in [2.45, 2.75) is 46.8 Å². The van der Waals surface area contributed by atoms with E-state index in [0.29, 0.717) is 37.6 Å². The van der Waals surface area contributed by atoms with E-state index in [4.69, 9.17) is 4.74 Å². The number of carbonyl (C=O) groups is 1. The van der Waals surface area contributed by atoms with Crippen molar-refractivity contribution < 1.29 is 9.53 Å². The van der Waals surface area contributed by atoms with Crippen LogP contribution in [-0.2, 0) is 35.6 Å². The fraction of sp³-hybridized carbons (Fsp3) is 0.346. The first-order chi connectivity index (χ1) is 16.9. The van der Waals surface area contributed by atoms with Gasteiger partial charge in [0.1, 0.15) is 6.54 Å². The van der Waals surface area contributed by atoms with Crippen LogP contribution in [-0.4, -0.2) is 49.2 Å². The van der Waals surface area contributed by atoms with Gasteiger partial charge in [-0.25, -0.2) is 4.68 Å². The molecule has 2 aromatic heterocycles. The van der Waals surface area contributed by atoms with Gasteiger partial charge in [0.15, 0.2) is 5.82 Å². The maximum Gasteiger partial charge on any atom is 0.327 e. The second kappa shape index (κ2) is 11.1. The van der Waals surface area contributed by atoms with Gasteiger partial charge in [-0.05, 0) is 65.8 Å². The van der Waals surface area contributed by atoms with Gasteiger partial charge >= 0.3 is 5.97 Å². The van der Waals surface area contributed by atoms with Gasteiger partial charge in [0.2, 0.25) is 0 Å². The summed E-state index contributed by atoms with van der Waals surface area (Å²) in [4.78, 5) is 30.2. The number of nitrogens with zero attached hydrogens (tertiary/aromatic N) is 5. The number of H-pyrrole nitrogens is 1. The summed E-state index contributed by atoms with van der Waals surface area (Å²) < 4.78 is 6.49. The van der Waals surface area contributed by atoms with E-state index in [-0.39, 0.29) is 12.1 Å². The highest BCUT2D eigenvalue weighted by Gasteiger charge is 2.17. The lowest BCUT2D eigenvalue weighted by atomic mass is 10.0. The molecular formula is C26H30N6O3. The van der Waals surface area contributed by atoms with Gasteiger partial charge in [-0.1, -0.05) is 42.5 Å². The first-order valence-corrected chi connectivity index (χ1v) is 11.7. The van der Waals surface area contributed by atoms with Gasteiger partial charge in [0.05, 0.1) is 18.7 Å². The van der Waals surface area contributed by atoms with Gasteiger partial charge < -0.3 is 9.72 Å². The second-order valence-electron chi connectivity index (χ2n) is 8.60. The molecule has 4 aromatic rings. The molecule has 0 radical (unpaired) electrons. The smallest absolute Gasteiger partial charge is 0.327 e. The summed E-state index contributed by atoms with van der Waals surface area (Å²) in [5, 5.41) is 12.8. The monoisotopic (exact) mass is 474 g/mol. The second-order valence-corrected chi connectivity index (χ2v) is 8.60. The topological polar surface area (TPSA) is 106 Å². The number of ether oxygens (including phenoxy) is 1. The number of nitrogens with one attached hydrogen (secondary N) is 1. The molecule has 4 rings (SSSR count).